The summed E-state index contributed by atoms with van der Waals surface area (Å²) in [7, 11) is 2.15. The van der Waals surface area contributed by atoms with Crippen LogP contribution in [-0.2, 0) is 0 Å². The minimum atomic E-state index is 0.160. The van der Waals surface area contributed by atoms with E-state index in [1.807, 2.05) is 0 Å². The van der Waals surface area contributed by atoms with Gasteiger partial charge in [-0.15, -0.1) is 11.3 Å². The summed E-state index contributed by atoms with van der Waals surface area (Å²) in [4.78, 5) is 21.5. The third-order valence-corrected chi connectivity index (χ3v) is 4.94. The standard InChI is InChI=1S/C12H17N3OS/c1-14-5-2-12(3-6-14)4-7-15(12)11(16)10-8-13-9-17-10/h8-9H,2-7H2,1H3. The van der Waals surface area contributed by atoms with Gasteiger partial charge in [0.25, 0.3) is 5.91 Å². The Morgan fingerprint density at radius 3 is 2.59 bits per heavy atom. The highest BCUT2D eigenvalue weighted by atomic mass is 32.1. The fourth-order valence-corrected chi connectivity index (χ4v) is 3.43. The Kier molecular flexibility index (Phi) is 2.67. The van der Waals surface area contributed by atoms with Gasteiger partial charge >= 0.3 is 0 Å². The highest BCUT2D eigenvalue weighted by Gasteiger charge is 2.48. The number of nitrogens with zero attached hydrogens (tertiary/aromatic N) is 3. The fourth-order valence-electron chi connectivity index (χ4n) is 2.87. The molecule has 5 heteroatoms. The Hall–Kier alpha value is -0.940. The predicted octanol–water partition coefficient (Wildman–Crippen LogP) is 1.45. The van der Waals surface area contributed by atoms with E-state index in [2.05, 4.69) is 21.8 Å². The van der Waals surface area contributed by atoms with Crippen molar-refractivity contribution in [1.29, 1.82) is 0 Å². The number of amides is 1. The maximum atomic E-state index is 12.3. The third kappa shape index (κ3) is 1.77. The van der Waals surface area contributed by atoms with Crippen LogP contribution in [0.5, 0.6) is 0 Å². The van der Waals surface area contributed by atoms with Crippen LogP contribution in [0.25, 0.3) is 0 Å². The van der Waals surface area contributed by atoms with Crippen molar-refractivity contribution in [2.24, 2.45) is 0 Å². The molecule has 0 N–H and O–H groups in total. The van der Waals surface area contributed by atoms with Crippen LogP contribution in [-0.4, -0.2) is 52.9 Å². The highest BCUT2D eigenvalue weighted by molar-refractivity contribution is 7.11. The number of thiazole rings is 1. The lowest BCUT2D eigenvalue weighted by Crippen LogP contribution is -2.65. The topological polar surface area (TPSA) is 36.4 Å². The molecule has 0 atom stereocenters. The summed E-state index contributed by atoms with van der Waals surface area (Å²) in [5.41, 5.74) is 1.89. The van der Waals surface area contributed by atoms with E-state index in [0.29, 0.717) is 0 Å². The molecule has 3 heterocycles. The van der Waals surface area contributed by atoms with Crippen molar-refractivity contribution >= 4 is 17.2 Å². The van der Waals surface area contributed by atoms with Gasteiger partial charge < -0.3 is 9.80 Å². The molecule has 4 nitrogen and oxygen atoms in total. The summed E-state index contributed by atoms with van der Waals surface area (Å²) in [6.07, 6.45) is 5.10. The van der Waals surface area contributed by atoms with Crippen LogP contribution in [0.4, 0.5) is 0 Å². The molecule has 2 aliphatic heterocycles. The second-order valence-corrected chi connectivity index (χ2v) is 5.99. The quantitative estimate of drug-likeness (QED) is 0.758. The lowest BCUT2D eigenvalue weighted by molar-refractivity contribution is -0.0347. The molecule has 0 bridgehead atoms. The molecule has 0 unspecified atom stereocenters. The number of carbonyl (C=O) groups is 1. The SMILES string of the molecule is CN1CCC2(CC1)CCN2C(=O)c1cncs1. The van der Waals surface area contributed by atoms with Crippen LogP contribution < -0.4 is 0 Å². The molecule has 0 saturated carbocycles. The normalized spacial score (nSPS) is 23.7. The summed E-state index contributed by atoms with van der Waals surface area (Å²) in [5.74, 6) is 0.184. The molecule has 1 spiro atoms. The average Bonchev–Trinajstić information content (AvgIpc) is 2.82. The third-order valence-electron chi connectivity index (χ3n) is 4.18. The van der Waals surface area contributed by atoms with Crippen LogP contribution in [0.15, 0.2) is 11.7 Å². The maximum absolute atomic E-state index is 12.3. The lowest BCUT2D eigenvalue weighted by Gasteiger charge is -2.56. The van der Waals surface area contributed by atoms with E-state index in [1.165, 1.54) is 17.8 Å². The molecule has 17 heavy (non-hydrogen) atoms. The molecule has 2 saturated heterocycles. The number of carbonyl (C=O) groups excluding carboxylic acids is 1. The van der Waals surface area contributed by atoms with Gasteiger partial charge in [0.1, 0.15) is 4.88 Å². The molecule has 92 valence electrons. The van der Waals surface area contributed by atoms with Crippen LogP contribution in [0, 0.1) is 0 Å². The minimum Gasteiger partial charge on any atom is -0.332 e. The van der Waals surface area contributed by atoms with Crippen molar-refractivity contribution in [3.63, 3.8) is 0 Å². The first-order valence-electron chi connectivity index (χ1n) is 6.10. The molecule has 3 rings (SSSR count). The fraction of sp³-hybridized carbons (Fsp3) is 0.667. The van der Waals surface area contributed by atoms with Crippen molar-refractivity contribution in [3.05, 3.63) is 16.6 Å². The van der Waals surface area contributed by atoms with Crippen LogP contribution in [0.1, 0.15) is 28.9 Å². The van der Waals surface area contributed by atoms with Crippen molar-refractivity contribution in [3.8, 4) is 0 Å². The summed E-state index contributed by atoms with van der Waals surface area (Å²) in [5, 5.41) is 0. The van der Waals surface area contributed by atoms with Gasteiger partial charge in [0, 0.05) is 25.2 Å². The predicted molar refractivity (Wildman–Crippen MR) is 67.2 cm³/mol. The zero-order valence-corrected chi connectivity index (χ0v) is 10.9. The first-order chi connectivity index (χ1) is 8.21. The smallest absolute Gasteiger partial charge is 0.266 e. The molecule has 1 aromatic heterocycles. The highest BCUT2D eigenvalue weighted by Crippen LogP contribution is 2.40. The van der Waals surface area contributed by atoms with Crippen LogP contribution >= 0.6 is 11.3 Å². The van der Waals surface area contributed by atoms with E-state index in [9.17, 15) is 4.79 Å². The van der Waals surface area contributed by atoms with Crippen LogP contribution in [0.3, 0.4) is 0 Å². The van der Waals surface area contributed by atoms with Gasteiger partial charge in [-0.25, -0.2) is 0 Å². The molecular formula is C12H17N3OS. The molecule has 1 aromatic rings. The van der Waals surface area contributed by atoms with E-state index in [0.717, 1.165) is 37.4 Å². The summed E-state index contributed by atoms with van der Waals surface area (Å²) in [6.45, 7) is 3.12. The van der Waals surface area contributed by atoms with Gasteiger partial charge in [-0.05, 0) is 26.3 Å². The van der Waals surface area contributed by atoms with Gasteiger partial charge in [-0.3, -0.25) is 9.78 Å². The molecule has 2 fully saturated rings. The number of aromatic nitrogens is 1. The Balaban J connectivity index is 1.75. The Morgan fingerprint density at radius 2 is 2.06 bits per heavy atom. The van der Waals surface area contributed by atoms with Crippen molar-refractivity contribution in [2.45, 2.75) is 24.8 Å². The largest absolute Gasteiger partial charge is 0.332 e. The van der Waals surface area contributed by atoms with Gasteiger partial charge in [0.2, 0.25) is 0 Å². The number of hydrogen-bond acceptors (Lipinski definition) is 4. The van der Waals surface area contributed by atoms with E-state index in [1.54, 1.807) is 11.7 Å². The van der Waals surface area contributed by atoms with E-state index in [4.69, 9.17) is 0 Å². The maximum Gasteiger partial charge on any atom is 0.266 e. The van der Waals surface area contributed by atoms with Gasteiger partial charge in [0.15, 0.2) is 0 Å². The minimum absolute atomic E-state index is 0.160. The Labute approximate surface area is 105 Å². The first kappa shape index (κ1) is 11.2. The summed E-state index contributed by atoms with van der Waals surface area (Å²) in [6, 6.07) is 0. The average molecular weight is 251 g/mol. The molecule has 0 radical (unpaired) electrons. The molecule has 1 amide bonds. The summed E-state index contributed by atoms with van der Waals surface area (Å²) >= 11 is 1.44. The monoisotopic (exact) mass is 251 g/mol. The van der Waals surface area contributed by atoms with Crippen LogP contribution in [0.2, 0.25) is 0 Å². The number of piperidine rings is 1. The molecule has 2 aliphatic rings. The second kappa shape index (κ2) is 4.07. The van der Waals surface area contributed by atoms with E-state index >= 15 is 0 Å². The zero-order chi connectivity index (χ0) is 11.9. The van der Waals surface area contributed by atoms with Crippen molar-refractivity contribution in [2.75, 3.05) is 26.7 Å². The lowest BCUT2D eigenvalue weighted by atomic mass is 9.76. The van der Waals surface area contributed by atoms with Gasteiger partial charge in [0.05, 0.1) is 11.7 Å². The summed E-state index contributed by atoms with van der Waals surface area (Å²) < 4.78 is 0. The van der Waals surface area contributed by atoms with Crippen molar-refractivity contribution in [1.82, 2.24) is 14.8 Å². The zero-order valence-electron chi connectivity index (χ0n) is 10.1. The molecular weight excluding hydrogens is 234 g/mol. The van der Waals surface area contributed by atoms with Gasteiger partial charge in [-0.1, -0.05) is 0 Å². The number of rotatable bonds is 1. The number of hydrogen-bond donors (Lipinski definition) is 0. The Bertz CT molecular complexity index is 409. The van der Waals surface area contributed by atoms with E-state index < -0.39 is 0 Å². The molecule has 0 aliphatic carbocycles. The van der Waals surface area contributed by atoms with Gasteiger partial charge in [-0.2, -0.15) is 0 Å². The second-order valence-electron chi connectivity index (χ2n) is 5.10. The number of likely N-dealkylation sites (tertiary alicyclic amines) is 2. The Morgan fingerprint density at radius 1 is 1.35 bits per heavy atom. The van der Waals surface area contributed by atoms with Crippen molar-refractivity contribution < 1.29 is 4.79 Å². The molecule has 0 aromatic carbocycles. The van der Waals surface area contributed by atoms with E-state index in [-0.39, 0.29) is 11.4 Å². The first-order valence-corrected chi connectivity index (χ1v) is 6.98.